The minimum atomic E-state index is -0.533. The van der Waals surface area contributed by atoms with Crippen LogP contribution in [0.15, 0.2) is 57.9 Å². The molecule has 25 heavy (non-hydrogen) atoms. The number of hydrogen-bond donors (Lipinski definition) is 0. The summed E-state index contributed by atoms with van der Waals surface area (Å²) < 4.78 is 12.9. The summed E-state index contributed by atoms with van der Waals surface area (Å²) in [5.74, 6) is 0.0348. The maximum atomic E-state index is 12.1. The summed E-state index contributed by atoms with van der Waals surface area (Å²) in [6.45, 7) is 1.57. The molecule has 3 rings (SSSR count). The van der Waals surface area contributed by atoms with E-state index in [1.54, 1.807) is 24.4 Å². The van der Waals surface area contributed by atoms with Gasteiger partial charge in [0.1, 0.15) is 18.0 Å². The first-order chi connectivity index (χ1) is 12.0. The van der Waals surface area contributed by atoms with E-state index in [2.05, 4.69) is 20.9 Å². The van der Waals surface area contributed by atoms with Crippen LogP contribution in [0.2, 0.25) is 0 Å². The van der Waals surface area contributed by atoms with Gasteiger partial charge in [0.2, 0.25) is 0 Å². The van der Waals surface area contributed by atoms with Crippen molar-refractivity contribution in [3.63, 3.8) is 0 Å². The van der Waals surface area contributed by atoms with Gasteiger partial charge in [-0.25, -0.2) is 9.78 Å². The molecule has 0 atom stereocenters. The maximum absolute atomic E-state index is 12.1. The van der Waals surface area contributed by atoms with Gasteiger partial charge >= 0.3 is 5.97 Å². The zero-order valence-electron chi connectivity index (χ0n) is 13.4. The normalized spacial score (nSPS) is 10.6. The number of benzene rings is 1. The van der Waals surface area contributed by atoms with Gasteiger partial charge in [-0.15, -0.1) is 0 Å². The van der Waals surface area contributed by atoms with Gasteiger partial charge in [-0.2, -0.15) is 0 Å². The number of hydrogen-bond acceptors (Lipinski definition) is 5. The molecule has 1 aromatic carbocycles. The van der Waals surface area contributed by atoms with Crippen LogP contribution in [-0.2, 0) is 16.1 Å². The summed E-state index contributed by atoms with van der Waals surface area (Å²) in [6, 6.07) is 12.1. The number of nitrogens with zero attached hydrogens (tertiary/aromatic N) is 2. The van der Waals surface area contributed by atoms with E-state index in [1.807, 2.05) is 25.1 Å². The van der Waals surface area contributed by atoms with Crippen molar-refractivity contribution in [1.29, 1.82) is 0 Å². The lowest BCUT2D eigenvalue weighted by atomic mass is 10.3. The molecule has 0 fully saturated rings. The van der Waals surface area contributed by atoms with Crippen molar-refractivity contribution in [3.05, 3.63) is 74.7 Å². The van der Waals surface area contributed by atoms with E-state index >= 15 is 0 Å². The third-order valence-corrected chi connectivity index (χ3v) is 4.02. The summed E-state index contributed by atoms with van der Waals surface area (Å²) in [7, 11) is 0. The summed E-state index contributed by atoms with van der Waals surface area (Å²) in [5.41, 5.74) is 1.60. The van der Waals surface area contributed by atoms with Crippen LogP contribution in [0.1, 0.15) is 11.3 Å². The van der Waals surface area contributed by atoms with Crippen molar-refractivity contribution in [1.82, 2.24) is 9.38 Å². The van der Waals surface area contributed by atoms with E-state index in [0.717, 1.165) is 10.0 Å². The molecule has 3 aromatic rings. The minimum Gasteiger partial charge on any atom is -0.482 e. The number of aromatic nitrogens is 2. The molecule has 6 nitrogen and oxygen atoms in total. The number of fused-ring (bicyclic) bond motifs is 1. The highest BCUT2D eigenvalue weighted by molar-refractivity contribution is 9.10. The highest BCUT2D eigenvalue weighted by Gasteiger charge is 2.08. The Morgan fingerprint density at radius 1 is 1.24 bits per heavy atom. The average Bonchev–Trinajstić information content (AvgIpc) is 2.60. The summed E-state index contributed by atoms with van der Waals surface area (Å²) in [5, 5.41) is 0. The van der Waals surface area contributed by atoms with Crippen molar-refractivity contribution in [2.45, 2.75) is 13.5 Å². The Kier molecular flexibility index (Phi) is 5.14. The highest BCUT2D eigenvalue weighted by Crippen LogP contribution is 2.16. The lowest BCUT2D eigenvalue weighted by Gasteiger charge is -2.08. The monoisotopic (exact) mass is 402 g/mol. The molecular weight excluding hydrogens is 388 g/mol. The standard InChI is InChI=1S/C18H15BrN2O4/c1-12-3-2-8-21-16(22)9-14(20-18(12)21)10-25-17(23)11-24-15-6-4-13(19)5-7-15/h2-9H,10-11H2,1H3. The van der Waals surface area contributed by atoms with Crippen LogP contribution in [0.5, 0.6) is 5.75 Å². The molecule has 2 heterocycles. The van der Waals surface area contributed by atoms with Gasteiger partial charge in [-0.1, -0.05) is 22.0 Å². The number of pyridine rings is 1. The quantitative estimate of drug-likeness (QED) is 0.613. The smallest absolute Gasteiger partial charge is 0.344 e. The molecular formula is C18H15BrN2O4. The number of esters is 1. The minimum absolute atomic E-state index is 0.0807. The molecule has 0 bridgehead atoms. The molecule has 0 amide bonds. The van der Waals surface area contributed by atoms with Gasteiger partial charge in [-0.3, -0.25) is 9.20 Å². The fraction of sp³-hybridized carbons (Fsp3) is 0.167. The van der Waals surface area contributed by atoms with E-state index in [9.17, 15) is 9.59 Å². The predicted octanol–water partition coefficient (Wildman–Crippen LogP) is 2.89. The van der Waals surface area contributed by atoms with Crippen LogP contribution >= 0.6 is 15.9 Å². The lowest BCUT2D eigenvalue weighted by Crippen LogP contribution is -2.19. The lowest BCUT2D eigenvalue weighted by molar-refractivity contribution is -0.147. The van der Waals surface area contributed by atoms with E-state index in [-0.39, 0.29) is 18.8 Å². The molecule has 0 saturated heterocycles. The van der Waals surface area contributed by atoms with Gasteiger partial charge in [-0.05, 0) is 42.8 Å². The van der Waals surface area contributed by atoms with Crippen molar-refractivity contribution in [2.24, 2.45) is 0 Å². The zero-order valence-corrected chi connectivity index (χ0v) is 15.0. The first kappa shape index (κ1) is 17.2. The van der Waals surface area contributed by atoms with Gasteiger partial charge in [0.05, 0.1) is 5.69 Å². The number of carbonyl (C=O) groups is 1. The van der Waals surface area contributed by atoms with Crippen molar-refractivity contribution in [3.8, 4) is 5.75 Å². The number of carbonyl (C=O) groups excluding carboxylic acids is 1. The fourth-order valence-corrected chi connectivity index (χ4v) is 2.52. The number of ether oxygens (including phenoxy) is 2. The number of halogens is 1. The second-order valence-corrected chi connectivity index (χ2v) is 6.29. The first-order valence-electron chi connectivity index (χ1n) is 7.55. The van der Waals surface area contributed by atoms with Crippen LogP contribution in [0.25, 0.3) is 5.65 Å². The molecule has 0 aliphatic carbocycles. The summed E-state index contributed by atoms with van der Waals surface area (Å²) in [6.07, 6.45) is 1.65. The Morgan fingerprint density at radius 2 is 2.00 bits per heavy atom. The van der Waals surface area contributed by atoms with Crippen LogP contribution in [0.3, 0.4) is 0 Å². The first-order valence-corrected chi connectivity index (χ1v) is 8.34. The molecule has 128 valence electrons. The van der Waals surface area contributed by atoms with Crippen LogP contribution in [-0.4, -0.2) is 22.0 Å². The van der Waals surface area contributed by atoms with Crippen molar-refractivity contribution in [2.75, 3.05) is 6.61 Å². The zero-order chi connectivity index (χ0) is 17.8. The van der Waals surface area contributed by atoms with E-state index in [1.165, 1.54) is 10.5 Å². The summed E-state index contributed by atoms with van der Waals surface area (Å²) >= 11 is 3.32. The number of rotatable bonds is 5. The molecule has 0 radical (unpaired) electrons. The molecule has 7 heteroatoms. The van der Waals surface area contributed by atoms with Crippen molar-refractivity contribution < 1.29 is 14.3 Å². The fourth-order valence-electron chi connectivity index (χ4n) is 2.25. The van der Waals surface area contributed by atoms with Crippen LogP contribution < -0.4 is 10.3 Å². The molecule has 2 aromatic heterocycles. The Bertz CT molecular complexity index is 967. The molecule has 0 spiro atoms. The van der Waals surface area contributed by atoms with E-state index in [0.29, 0.717) is 17.1 Å². The molecule has 0 aliphatic heterocycles. The Hall–Kier alpha value is -2.67. The third kappa shape index (κ3) is 4.24. The SMILES string of the molecule is Cc1cccn2c(=O)cc(COC(=O)COc3ccc(Br)cc3)nc12. The van der Waals surface area contributed by atoms with Gasteiger partial charge in [0.15, 0.2) is 6.61 Å². The van der Waals surface area contributed by atoms with Gasteiger partial charge in [0.25, 0.3) is 5.56 Å². The Morgan fingerprint density at radius 3 is 2.76 bits per heavy atom. The van der Waals surface area contributed by atoms with Gasteiger partial charge in [0, 0.05) is 16.7 Å². The van der Waals surface area contributed by atoms with Gasteiger partial charge < -0.3 is 9.47 Å². The molecule has 0 saturated carbocycles. The molecule has 0 N–H and O–H groups in total. The number of aryl methyl sites for hydroxylation is 1. The molecule has 0 aliphatic rings. The van der Waals surface area contributed by atoms with Crippen molar-refractivity contribution >= 4 is 27.5 Å². The van der Waals surface area contributed by atoms with Crippen LogP contribution in [0.4, 0.5) is 0 Å². The predicted molar refractivity (Wildman–Crippen MR) is 95.6 cm³/mol. The average molecular weight is 403 g/mol. The van der Waals surface area contributed by atoms with E-state index in [4.69, 9.17) is 9.47 Å². The second-order valence-electron chi connectivity index (χ2n) is 5.37. The molecule has 0 unspecified atom stereocenters. The van der Waals surface area contributed by atoms with E-state index < -0.39 is 5.97 Å². The highest BCUT2D eigenvalue weighted by atomic mass is 79.9. The topological polar surface area (TPSA) is 69.9 Å². The Balaban J connectivity index is 1.62. The maximum Gasteiger partial charge on any atom is 0.344 e. The third-order valence-electron chi connectivity index (χ3n) is 3.49. The van der Waals surface area contributed by atoms with Crippen LogP contribution in [0, 0.1) is 6.92 Å². The largest absolute Gasteiger partial charge is 0.482 e. The second kappa shape index (κ2) is 7.48. The Labute approximate surface area is 152 Å². The summed E-state index contributed by atoms with van der Waals surface area (Å²) in [4.78, 5) is 28.3.